The number of para-hydroxylation sites is 1. The number of hydrogen-bond donors (Lipinski definition) is 0. The minimum Gasteiger partial charge on any atom is -0.344 e. The summed E-state index contributed by atoms with van der Waals surface area (Å²) in [7, 11) is 0. The standard InChI is InChI=1S/C15H16FN/c1-2-17(12-16)15-11-7-6-10-14(15)13-8-4-3-5-9-13/h3-11H,2,12H2,1H3. The third kappa shape index (κ3) is 2.47. The van der Waals surface area contributed by atoms with Crippen molar-refractivity contribution in [3.63, 3.8) is 0 Å². The molecule has 2 aromatic rings. The monoisotopic (exact) mass is 229 g/mol. The predicted octanol–water partition coefficient (Wildman–Crippen LogP) is 4.11. The van der Waals surface area contributed by atoms with E-state index in [2.05, 4.69) is 0 Å². The Morgan fingerprint density at radius 2 is 1.59 bits per heavy atom. The molecule has 0 aromatic heterocycles. The molecule has 1 nitrogen and oxygen atoms in total. The van der Waals surface area contributed by atoms with Crippen LogP contribution in [0.15, 0.2) is 54.6 Å². The summed E-state index contributed by atoms with van der Waals surface area (Å²) in [5.74, 6) is 0. The quantitative estimate of drug-likeness (QED) is 0.713. The summed E-state index contributed by atoms with van der Waals surface area (Å²) in [5, 5.41) is 0. The molecule has 2 rings (SSSR count). The lowest BCUT2D eigenvalue weighted by Gasteiger charge is -2.22. The van der Waals surface area contributed by atoms with Gasteiger partial charge in [0.05, 0.1) is 0 Å². The lowest BCUT2D eigenvalue weighted by atomic mass is 10.0. The van der Waals surface area contributed by atoms with Crippen LogP contribution in [0.1, 0.15) is 6.92 Å². The minimum atomic E-state index is -0.458. The first-order valence-corrected chi connectivity index (χ1v) is 5.82. The maximum absolute atomic E-state index is 13.0. The van der Waals surface area contributed by atoms with Gasteiger partial charge in [-0.2, -0.15) is 0 Å². The Labute approximate surface area is 102 Å². The average molecular weight is 229 g/mol. The van der Waals surface area contributed by atoms with Crippen molar-refractivity contribution in [1.82, 2.24) is 0 Å². The van der Waals surface area contributed by atoms with Crippen LogP contribution in [-0.4, -0.2) is 13.3 Å². The maximum Gasteiger partial charge on any atom is 0.161 e. The smallest absolute Gasteiger partial charge is 0.161 e. The van der Waals surface area contributed by atoms with Crippen LogP contribution in [0, 0.1) is 0 Å². The van der Waals surface area contributed by atoms with Crippen molar-refractivity contribution < 1.29 is 4.39 Å². The van der Waals surface area contributed by atoms with E-state index in [1.54, 1.807) is 4.90 Å². The van der Waals surface area contributed by atoms with Gasteiger partial charge in [-0.1, -0.05) is 48.5 Å². The number of halogens is 1. The van der Waals surface area contributed by atoms with Crippen LogP contribution in [0.4, 0.5) is 10.1 Å². The molecule has 88 valence electrons. The summed E-state index contributed by atoms with van der Waals surface area (Å²) in [5.41, 5.74) is 3.14. The minimum absolute atomic E-state index is 0.458. The van der Waals surface area contributed by atoms with Gasteiger partial charge in [-0.25, -0.2) is 4.39 Å². The Hall–Kier alpha value is -1.83. The SMILES string of the molecule is CCN(CF)c1ccccc1-c1ccccc1. The molecular weight excluding hydrogens is 213 g/mol. The molecule has 0 unspecified atom stereocenters. The Bertz CT molecular complexity index is 463. The highest BCUT2D eigenvalue weighted by Crippen LogP contribution is 2.30. The van der Waals surface area contributed by atoms with Crippen molar-refractivity contribution in [3.05, 3.63) is 54.6 Å². The highest BCUT2D eigenvalue weighted by Gasteiger charge is 2.09. The Kier molecular flexibility index (Phi) is 3.76. The summed E-state index contributed by atoms with van der Waals surface area (Å²) in [6.07, 6.45) is 0. The van der Waals surface area contributed by atoms with E-state index in [4.69, 9.17) is 0 Å². The van der Waals surface area contributed by atoms with Gasteiger partial charge in [-0.05, 0) is 18.6 Å². The fraction of sp³-hybridized carbons (Fsp3) is 0.200. The van der Waals surface area contributed by atoms with Gasteiger partial charge in [0.2, 0.25) is 0 Å². The summed E-state index contributed by atoms with van der Waals surface area (Å²) >= 11 is 0. The van der Waals surface area contributed by atoms with Crippen molar-refractivity contribution in [2.45, 2.75) is 6.92 Å². The Balaban J connectivity index is 2.48. The first-order chi connectivity index (χ1) is 8.36. The van der Waals surface area contributed by atoms with Crippen molar-refractivity contribution in [1.29, 1.82) is 0 Å². The van der Waals surface area contributed by atoms with Crippen LogP contribution in [0.5, 0.6) is 0 Å². The van der Waals surface area contributed by atoms with Crippen LogP contribution >= 0.6 is 0 Å². The van der Waals surface area contributed by atoms with Crippen LogP contribution < -0.4 is 4.90 Å². The molecule has 2 heteroatoms. The molecule has 0 aliphatic heterocycles. The molecule has 17 heavy (non-hydrogen) atoms. The lowest BCUT2D eigenvalue weighted by Crippen LogP contribution is -2.21. The topological polar surface area (TPSA) is 3.24 Å². The predicted molar refractivity (Wildman–Crippen MR) is 70.9 cm³/mol. The first kappa shape index (κ1) is 11.6. The maximum atomic E-state index is 13.0. The highest BCUT2D eigenvalue weighted by atomic mass is 19.1. The number of alkyl halides is 1. The molecule has 0 amide bonds. The molecule has 0 saturated carbocycles. The zero-order valence-corrected chi connectivity index (χ0v) is 9.94. The highest BCUT2D eigenvalue weighted by molar-refractivity contribution is 5.78. The van der Waals surface area contributed by atoms with Gasteiger partial charge in [-0.15, -0.1) is 0 Å². The molecule has 2 aromatic carbocycles. The van der Waals surface area contributed by atoms with E-state index in [1.165, 1.54) is 0 Å². The van der Waals surface area contributed by atoms with Crippen molar-refractivity contribution >= 4 is 5.69 Å². The first-order valence-electron chi connectivity index (χ1n) is 5.82. The van der Waals surface area contributed by atoms with E-state index in [9.17, 15) is 4.39 Å². The fourth-order valence-electron chi connectivity index (χ4n) is 1.93. The molecule has 0 atom stereocenters. The zero-order valence-electron chi connectivity index (χ0n) is 9.94. The second kappa shape index (κ2) is 5.48. The summed E-state index contributed by atoms with van der Waals surface area (Å²) in [4.78, 5) is 1.72. The van der Waals surface area contributed by atoms with Gasteiger partial charge in [-0.3, -0.25) is 0 Å². The van der Waals surface area contributed by atoms with Crippen molar-refractivity contribution in [2.24, 2.45) is 0 Å². The fourth-order valence-corrected chi connectivity index (χ4v) is 1.93. The van der Waals surface area contributed by atoms with E-state index in [0.29, 0.717) is 6.54 Å². The molecule has 0 heterocycles. The van der Waals surface area contributed by atoms with E-state index < -0.39 is 6.80 Å². The molecule has 0 aliphatic rings. The Morgan fingerprint density at radius 3 is 2.24 bits per heavy atom. The molecule has 0 radical (unpaired) electrons. The normalized spacial score (nSPS) is 10.2. The van der Waals surface area contributed by atoms with Crippen LogP contribution in [0.2, 0.25) is 0 Å². The van der Waals surface area contributed by atoms with E-state index in [1.807, 2.05) is 61.5 Å². The number of rotatable bonds is 4. The van der Waals surface area contributed by atoms with Crippen LogP contribution in [0.25, 0.3) is 11.1 Å². The second-order valence-corrected chi connectivity index (χ2v) is 3.86. The summed E-state index contributed by atoms with van der Waals surface area (Å²) < 4.78 is 13.0. The van der Waals surface area contributed by atoms with E-state index >= 15 is 0 Å². The van der Waals surface area contributed by atoms with Crippen molar-refractivity contribution in [3.8, 4) is 11.1 Å². The number of nitrogens with zero attached hydrogens (tertiary/aromatic N) is 1. The van der Waals surface area contributed by atoms with Crippen molar-refractivity contribution in [2.75, 3.05) is 18.2 Å². The Morgan fingerprint density at radius 1 is 0.941 bits per heavy atom. The van der Waals surface area contributed by atoms with Gasteiger partial charge >= 0.3 is 0 Å². The average Bonchev–Trinajstić information content (AvgIpc) is 2.42. The lowest BCUT2D eigenvalue weighted by molar-refractivity contribution is 0.479. The van der Waals surface area contributed by atoms with Gasteiger partial charge in [0.15, 0.2) is 6.80 Å². The van der Waals surface area contributed by atoms with Crippen LogP contribution in [-0.2, 0) is 0 Å². The number of benzene rings is 2. The van der Waals surface area contributed by atoms with Gasteiger partial charge < -0.3 is 4.90 Å². The number of anilines is 1. The molecule has 0 bridgehead atoms. The zero-order chi connectivity index (χ0) is 12.1. The van der Waals surface area contributed by atoms with E-state index in [0.717, 1.165) is 16.8 Å². The summed E-state index contributed by atoms with van der Waals surface area (Å²) in [6, 6.07) is 18.0. The van der Waals surface area contributed by atoms with Crippen LogP contribution in [0.3, 0.4) is 0 Å². The van der Waals surface area contributed by atoms with E-state index in [-0.39, 0.29) is 0 Å². The van der Waals surface area contributed by atoms with Gasteiger partial charge in [0.25, 0.3) is 0 Å². The molecule has 0 saturated heterocycles. The van der Waals surface area contributed by atoms with Gasteiger partial charge in [0.1, 0.15) is 0 Å². The third-order valence-electron chi connectivity index (χ3n) is 2.86. The molecule has 0 aliphatic carbocycles. The largest absolute Gasteiger partial charge is 0.344 e. The molecule has 0 spiro atoms. The van der Waals surface area contributed by atoms with Gasteiger partial charge in [0, 0.05) is 17.8 Å². The molecule has 0 N–H and O–H groups in total. The molecular formula is C15H16FN. The number of hydrogen-bond acceptors (Lipinski definition) is 1. The second-order valence-electron chi connectivity index (χ2n) is 3.86. The third-order valence-corrected chi connectivity index (χ3v) is 2.86. The summed E-state index contributed by atoms with van der Waals surface area (Å²) in [6.45, 7) is 2.17. The molecule has 0 fully saturated rings.